The van der Waals surface area contributed by atoms with Crippen LogP contribution in [0.4, 0.5) is 0 Å². The summed E-state index contributed by atoms with van der Waals surface area (Å²) in [5, 5.41) is 9.32. The SMILES string of the molecule is NC(=O)C1CCN(C(=O)C2C(C(=O)O)[C@@H]3C=C[C@H]2O3)CC1. The second kappa shape index (κ2) is 5.14. The van der Waals surface area contributed by atoms with Crippen LogP contribution in [0.1, 0.15) is 12.8 Å². The first-order valence-corrected chi connectivity index (χ1v) is 7.13. The van der Waals surface area contributed by atoms with Crippen LogP contribution in [0.5, 0.6) is 0 Å². The van der Waals surface area contributed by atoms with Crippen LogP contribution in [0.25, 0.3) is 0 Å². The summed E-state index contributed by atoms with van der Waals surface area (Å²) in [6.07, 6.45) is 3.60. The van der Waals surface area contributed by atoms with E-state index in [1.807, 2.05) is 0 Å². The molecule has 3 heterocycles. The van der Waals surface area contributed by atoms with E-state index < -0.39 is 30.0 Å². The van der Waals surface area contributed by atoms with Crippen molar-refractivity contribution in [2.75, 3.05) is 13.1 Å². The van der Waals surface area contributed by atoms with Crippen molar-refractivity contribution in [3.05, 3.63) is 12.2 Å². The average Bonchev–Trinajstić information content (AvgIpc) is 3.07. The summed E-state index contributed by atoms with van der Waals surface area (Å²) < 4.78 is 5.52. The molecule has 0 radical (unpaired) electrons. The van der Waals surface area contributed by atoms with E-state index in [1.54, 1.807) is 17.1 Å². The molecule has 4 atom stereocenters. The third-order valence-electron chi connectivity index (χ3n) is 4.68. The number of carboxylic acids is 1. The van der Waals surface area contributed by atoms with Crippen LogP contribution in [0.3, 0.4) is 0 Å². The number of aliphatic carboxylic acids is 1. The number of likely N-dealkylation sites (tertiary alicyclic amines) is 1. The lowest BCUT2D eigenvalue weighted by molar-refractivity contribution is -0.150. The quantitative estimate of drug-likeness (QED) is 0.673. The number of nitrogens with two attached hydrogens (primary N) is 1. The van der Waals surface area contributed by atoms with Gasteiger partial charge in [0.15, 0.2) is 0 Å². The fraction of sp³-hybridized carbons (Fsp3) is 0.643. The third kappa shape index (κ3) is 2.31. The number of hydrogen-bond donors (Lipinski definition) is 2. The molecule has 2 amide bonds. The van der Waals surface area contributed by atoms with Crippen LogP contribution in [-0.4, -0.2) is 53.1 Å². The Morgan fingerprint density at radius 3 is 2.19 bits per heavy atom. The van der Waals surface area contributed by atoms with Crippen molar-refractivity contribution in [1.29, 1.82) is 0 Å². The summed E-state index contributed by atoms with van der Waals surface area (Å²) in [5.74, 6) is -3.21. The van der Waals surface area contributed by atoms with Gasteiger partial charge in [-0.1, -0.05) is 12.2 Å². The van der Waals surface area contributed by atoms with Gasteiger partial charge in [0.05, 0.1) is 18.1 Å². The molecule has 114 valence electrons. The number of amides is 2. The van der Waals surface area contributed by atoms with Gasteiger partial charge < -0.3 is 20.5 Å². The minimum absolute atomic E-state index is 0.192. The molecule has 3 aliphatic heterocycles. The molecule has 21 heavy (non-hydrogen) atoms. The molecule has 7 heteroatoms. The van der Waals surface area contributed by atoms with Gasteiger partial charge in [-0.3, -0.25) is 14.4 Å². The molecular weight excluding hydrogens is 276 g/mol. The van der Waals surface area contributed by atoms with Crippen molar-refractivity contribution in [3.8, 4) is 0 Å². The minimum atomic E-state index is -1.00. The maximum absolute atomic E-state index is 12.6. The summed E-state index contributed by atoms with van der Waals surface area (Å²) in [7, 11) is 0. The average molecular weight is 294 g/mol. The first-order valence-electron chi connectivity index (χ1n) is 7.13. The van der Waals surface area contributed by atoms with Crippen LogP contribution < -0.4 is 5.73 Å². The lowest BCUT2D eigenvalue weighted by Crippen LogP contribution is -2.48. The zero-order valence-electron chi connectivity index (χ0n) is 11.5. The monoisotopic (exact) mass is 294 g/mol. The number of nitrogens with zero attached hydrogens (tertiary/aromatic N) is 1. The second-order valence-corrected chi connectivity index (χ2v) is 5.84. The van der Waals surface area contributed by atoms with Crippen LogP contribution in [0.15, 0.2) is 12.2 Å². The first kappa shape index (κ1) is 14.1. The van der Waals surface area contributed by atoms with Crippen molar-refractivity contribution >= 4 is 17.8 Å². The number of carbonyl (C=O) groups is 3. The number of carbonyl (C=O) groups excluding carboxylic acids is 2. The van der Waals surface area contributed by atoms with Crippen molar-refractivity contribution in [3.63, 3.8) is 0 Å². The fourth-order valence-corrected chi connectivity index (χ4v) is 3.49. The highest BCUT2D eigenvalue weighted by Crippen LogP contribution is 2.40. The topological polar surface area (TPSA) is 110 Å². The van der Waals surface area contributed by atoms with E-state index in [1.165, 1.54) is 0 Å². The predicted octanol–water partition coefficient (Wildman–Crippen LogP) is -0.635. The van der Waals surface area contributed by atoms with E-state index in [0.717, 1.165) is 0 Å². The Kier molecular flexibility index (Phi) is 3.44. The summed E-state index contributed by atoms with van der Waals surface area (Å²) in [6, 6.07) is 0. The van der Waals surface area contributed by atoms with Gasteiger partial charge in [0.2, 0.25) is 11.8 Å². The highest BCUT2D eigenvalue weighted by atomic mass is 16.5. The number of piperidine rings is 1. The number of primary amides is 1. The summed E-state index contributed by atoms with van der Waals surface area (Å²) >= 11 is 0. The van der Waals surface area contributed by atoms with Gasteiger partial charge in [0.1, 0.15) is 5.92 Å². The molecule has 0 aromatic carbocycles. The largest absolute Gasteiger partial charge is 0.481 e. The number of carboxylic acid groups (broad SMARTS) is 1. The van der Waals surface area contributed by atoms with Crippen LogP contribution in [-0.2, 0) is 19.1 Å². The Labute approximate surface area is 121 Å². The van der Waals surface area contributed by atoms with Gasteiger partial charge in [0.25, 0.3) is 0 Å². The Bertz CT molecular complexity index is 509. The Morgan fingerprint density at radius 2 is 1.67 bits per heavy atom. The van der Waals surface area contributed by atoms with E-state index in [4.69, 9.17) is 10.5 Å². The number of fused-ring (bicyclic) bond motifs is 2. The highest BCUT2D eigenvalue weighted by molar-refractivity contribution is 5.87. The zero-order valence-corrected chi connectivity index (χ0v) is 11.5. The van der Waals surface area contributed by atoms with Crippen molar-refractivity contribution < 1.29 is 24.2 Å². The maximum Gasteiger partial charge on any atom is 0.310 e. The Morgan fingerprint density at radius 1 is 1.10 bits per heavy atom. The first-order chi connectivity index (χ1) is 9.99. The summed E-state index contributed by atoms with van der Waals surface area (Å²) in [5.41, 5.74) is 5.27. The van der Waals surface area contributed by atoms with E-state index in [2.05, 4.69) is 0 Å². The standard InChI is InChI=1S/C14H18N2O5/c15-12(17)7-3-5-16(6-4-7)13(18)10-8-1-2-9(21-8)11(10)14(19)20/h1-2,7-11H,3-6H2,(H2,15,17)(H,19,20)/t8-,9+,10?,11?/m1/s1. The van der Waals surface area contributed by atoms with E-state index >= 15 is 0 Å². The van der Waals surface area contributed by atoms with Gasteiger partial charge in [-0.15, -0.1) is 0 Å². The van der Waals surface area contributed by atoms with Crippen LogP contribution >= 0.6 is 0 Å². The molecule has 3 aliphatic rings. The normalized spacial score (nSPS) is 35.1. The van der Waals surface area contributed by atoms with Gasteiger partial charge >= 0.3 is 5.97 Å². The molecular formula is C14H18N2O5. The molecule has 3 rings (SSSR count). The molecule has 2 bridgehead atoms. The van der Waals surface area contributed by atoms with Gasteiger partial charge in [-0.05, 0) is 12.8 Å². The molecule has 0 saturated carbocycles. The minimum Gasteiger partial charge on any atom is -0.481 e. The number of rotatable bonds is 3. The maximum atomic E-state index is 12.6. The van der Waals surface area contributed by atoms with Gasteiger partial charge in [-0.25, -0.2) is 0 Å². The summed E-state index contributed by atoms with van der Waals surface area (Å²) in [4.78, 5) is 36.8. The molecule has 0 spiro atoms. The predicted molar refractivity (Wildman–Crippen MR) is 70.9 cm³/mol. The Hall–Kier alpha value is -1.89. The number of hydrogen-bond acceptors (Lipinski definition) is 4. The lowest BCUT2D eigenvalue weighted by atomic mass is 9.81. The Balaban J connectivity index is 1.70. The van der Waals surface area contributed by atoms with E-state index in [0.29, 0.717) is 25.9 Å². The molecule has 0 aromatic rings. The molecule has 2 saturated heterocycles. The second-order valence-electron chi connectivity index (χ2n) is 5.84. The van der Waals surface area contributed by atoms with E-state index in [9.17, 15) is 19.5 Å². The van der Waals surface area contributed by atoms with Crippen LogP contribution in [0, 0.1) is 17.8 Å². The third-order valence-corrected chi connectivity index (χ3v) is 4.68. The van der Waals surface area contributed by atoms with E-state index in [-0.39, 0.29) is 17.7 Å². The van der Waals surface area contributed by atoms with Gasteiger partial charge in [0, 0.05) is 19.0 Å². The molecule has 7 nitrogen and oxygen atoms in total. The molecule has 3 N–H and O–H groups in total. The zero-order chi connectivity index (χ0) is 15.1. The highest BCUT2D eigenvalue weighted by Gasteiger charge is 2.54. The van der Waals surface area contributed by atoms with Crippen molar-refractivity contribution in [2.45, 2.75) is 25.0 Å². The van der Waals surface area contributed by atoms with Crippen molar-refractivity contribution in [1.82, 2.24) is 4.90 Å². The molecule has 2 fully saturated rings. The smallest absolute Gasteiger partial charge is 0.310 e. The van der Waals surface area contributed by atoms with Crippen molar-refractivity contribution in [2.24, 2.45) is 23.5 Å². The van der Waals surface area contributed by atoms with Gasteiger partial charge in [-0.2, -0.15) is 0 Å². The molecule has 0 aromatic heterocycles. The fourth-order valence-electron chi connectivity index (χ4n) is 3.49. The van der Waals surface area contributed by atoms with Crippen LogP contribution in [0.2, 0.25) is 0 Å². The molecule has 2 unspecified atom stereocenters. The lowest BCUT2D eigenvalue weighted by Gasteiger charge is -2.34. The summed E-state index contributed by atoms with van der Waals surface area (Å²) in [6.45, 7) is 0.882. The molecule has 0 aliphatic carbocycles. The number of ether oxygens (including phenoxy) is 1.